The Labute approximate surface area is 440 Å². The molecule has 0 spiro atoms. The van der Waals surface area contributed by atoms with Gasteiger partial charge in [-0.1, -0.05) is 225 Å². The average molecular weight is 1120 g/mol. The van der Waals surface area contributed by atoms with Crippen molar-refractivity contribution in [1.82, 2.24) is 14.5 Å². The summed E-state index contributed by atoms with van der Waals surface area (Å²) in [5.41, 5.74) is 18.6. The van der Waals surface area contributed by atoms with Crippen molar-refractivity contribution >= 4 is 11.0 Å². The van der Waals surface area contributed by atoms with Crippen LogP contribution in [-0.2, 0) is 37.3 Å². The molecule has 0 atom stereocenters. The van der Waals surface area contributed by atoms with Crippen LogP contribution in [0.4, 0.5) is 0 Å². The molecule has 0 fully saturated rings. The number of hydrogen-bond acceptors (Lipinski definition) is 3. The van der Waals surface area contributed by atoms with Gasteiger partial charge in [0, 0.05) is 44.1 Å². The molecule has 2 aromatic heterocycles. The Morgan fingerprint density at radius 1 is 0.486 bits per heavy atom. The average Bonchev–Trinajstić information content (AvgIpc) is 3.78. The molecule has 4 nitrogen and oxygen atoms in total. The molecule has 5 heteroatoms. The normalized spacial score (nSPS) is 12.0. The molecule has 0 radical (unpaired) electrons. The van der Waals surface area contributed by atoms with E-state index >= 15 is 0 Å². The minimum atomic E-state index is -0.342. The summed E-state index contributed by atoms with van der Waals surface area (Å²) in [7, 11) is 0. The van der Waals surface area contributed by atoms with Crippen LogP contribution >= 0.6 is 0 Å². The van der Waals surface area contributed by atoms with Gasteiger partial charge in [0.15, 0.2) is 0 Å². The van der Waals surface area contributed by atoms with Crippen LogP contribution in [0.2, 0.25) is 0 Å². The molecule has 0 amide bonds. The van der Waals surface area contributed by atoms with E-state index in [1.165, 1.54) is 16.7 Å². The molecule has 2 heterocycles. The fourth-order valence-corrected chi connectivity index (χ4v) is 9.65. The van der Waals surface area contributed by atoms with E-state index in [1.807, 2.05) is 12.3 Å². The first-order valence-electron chi connectivity index (χ1n) is 24.9. The minimum absolute atomic E-state index is 0. The maximum absolute atomic E-state index is 12.6. The molecule has 0 unspecified atom stereocenters. The van der Waals surface area contributed by atoms with E-state index < -0.39 is 0 Å². The molecule has 0 aliphatic heterocycles. The molecule has 1 N–H and O–H groups in total. The van der Waals surface area contributed by atoms with Crippen LogP contribution in [0.5, 0.6) is 5.75 Å². The summed E-state index contributed by atoms with van der Waals surface area (Å²) in [4.78, 5) is 10.7. The first-order chi connectivity index (χ1) is 34.1. The summed E-state index contributed by atoms with van der Waals surface area (Å²) < 4.78 is 2.29. The molecule has 362 valence electrons. The summed E-state index contributed by atoms with van der Waals surface area (Å²) in [6.45, 7) is 20.1. The summed E-state index contributed by atoms with van der Waals surface area (Å²) in [6.07, 6.45) is 2.89. The number of benzene rings is 8. The van der Waals surface area contributed by atoms with Crippen LogP contribution in [0.3, 0.4) is 0 Å². The van der Waals surface area contributed by atoms with Gasteiger partial charge in [-0.25, -0.2) is 4.98 Å². The van der Waals surface area contributed by atoms with E-state index in [-0.39, 0.29) is 43.1 Å². The Kier molecular flexibility index (Phi) is 13.7. The van der Waals surface area contributed by atoms with Crippen LogP contribution in [0, 0.1) is 6.07 Å². The van der Waals surface area contributed by atoms with Crippen molar-refractivity contribution < 1.29 is 26.2 Å². The van der Waals surface area contributed by atoms with Gasteiger partial charge in [0.05, 0.1) is 22.3 Å². The largest absolute Gasteiger partial charge is 0.507 e. The number of aromatic hydroxyl groups is 1. The molecular formula is C67H62N3OPt-. The van der Waals surface area contributed by atoms with Gasteiger partial charge >= 0.3 is 0 Å². The second-order valence-corrected chi connectivity index (χ2v) is 21.6. The van der Waals surface area contributed by atoms with E-state index in [1.54, 1.807) is 0 Å². The zero-order valence-corrected chi connectivity index (χ0v) is 45.1. The van der Waals surface area contributed by atoms with E-state index in [2.05, 4.69) is 255 Å². The smallest absolute Gasteiger partial charge is 0.148 e. The topological polar surface area (TPSA) is 50.9 Å². The van der Waals surface area contributed by atoms with Crippen LogP contribution in [0.15, 0.2) is 194 Å². The molecule has 0 aliphatic rings. The van der Waals surface area contributed by atoms with Gasteiger partial charge in [0.2, 0.25) is 0 Å². The number of phenols is 1. The predicted molar refractivity (Wildman–Crippen MR) is 298 cm³/mol. The molecule has 10 rings (SSSR count). The standard InChI is InChI=1S/C67H62N3O.Pt/c1-10-67(8,9)53-33-34-60(56(41-53)48-25-18-13-19-26-48)70-61-28-20-27-55(62(61)69-64(70)57-42-54(65(2,3)4)43-58(63(57)71)66(5,6)7)51-37-50(45-23-16-12-17-24-45)38-52(39-51)59-40-49(35-36-68-59)47-31-29-46(30-32-47)44-21-14-11-15-22-44;/h11-38,40-43,71H,10H2,1-9H3;/q-1;. The van der Waals surface area contributed by atoms with Gasteiger partial charge in [0.25, 0.3) is 0 Å². The van der Waals surface area contributed by atoms with Crippen molar-refractivity contribution in [1.29, 1.82) is 0 Å². The van der Waals surface area contributed by atoms with Crippen molar-refractivity contribution in [3.8, 4) is 89.7 Å². The zero-order valence-electron chi connectivity index (χ0n) is 42.8. The number of aromatic nitrogens is 3. The molecule has 0 bridgehead atoms. The van der Waals surface area contributed by atoms with Crippen molar-refractivity contribution in [2.75, 3.05) is 0 Å². The fourth-order valence-electron chi connectivity index (χ4n) is 9.65. The van der Waals surface area contributed by atoms with Crippen molar-refractivity contribution in [3.63, 3.8) is 0 Å². The molecule has 0 aliphatic carbocycles. The third kappa shape index (κ3) is 9.78. The van der Waals surface area contributed by atoms with Crippen LogP contribution in [-0.4, -0.2) is 19.6 Å². The Morgan fingerprint density at radius 3 is 1.67 bits per heavy atom. The summed E-state index contributed by atoms with van der Waals surface area (Å²) in [6, 6.07) is 70.6. The first kappa shape index (κ1) is 49.8. The predicted octanol–water partition coefficient (Wildman–Crippen LogP) is 17.9. The summed E-state index contributed by atoms with van der Waals surface area (Å²) in [5, 5.41) is 12.6. The third-order valence-corrected chi connectivity index (χ3v) is 14.3. The van der Waals surface area contributed by atoms with Crippen molar-refractivity contribution in [2.45, 2.75) is 85.0 Å². The Hall–Kier alpha value is -7.13. The number of pyridine rings is 1. The van der Waals surface area contributed by atoms with Gasteiger partial charge < -0.3 is 5.11 Å². The van der Waals surface area contributed by atoms with Gasteiger partial charge in [0.1, 0.15) is 11.6 Å². The number of hydrogen-bond donors (Lipinski definition) is 1. The Balaban J connectivity index is 0.00000640. The molecular weight excluding hydrogens is 1060 g/mol. The minimum Gasteiger partial charge on any atom is -0.507 e. The van der Waals surface area contributed by atoms with Gasteiger partial charge in [-0.3, -0.25) is 9.55 Å². The fraction of sp³-hybridized carbons (Fsp3) is 0.194. The molecule has 72 heavy (non-hydrogen) atoms. The number of phenolic OH excluding ortho intramolecular Hbond substituents is 1. The van der Waals surface area contributed by atoms with Gasteiger partial charge in [-0.05, 0) is 97.5 Å². The SMILES string of the molecule is CCC(C)(C)c1ccc(-n2c(-c3cc(C(C)(C)C)cc(C(C)(C)C)c3O)nc3c(-c4[c-]c(-c5cc(-c6ccc(-c7ccccc7)cc6)ccn5)cc(-c5ccccc5)c4)cccc32)c(-c2ccccc2)c1.[Pt]. The third-order valence-electron chi connectivity index (χ3n) is 14.3. The van der Waals surface area contributed by atoms with E-state index in [0.717, 1.165) is 90.0 Å². The van der Waals surface area contributed by atoms with Crippen LogP contribution in [0.25, 0.3) is 95.0 Å². The monoisotopic (exact) mass is 1120 g/mol. The quantitative estimate of drug-likeness (QED) is 0.139. The second-order valence-electron chi connectivity index (χ2n) is 21.6. The Morgan fingerprint density at radius 2 is 1.06 bits per heavy atom. The van der Waals surface area contributed by atoms with Gasteiger partial charge in [-0.2, -0.15) is 0 Å². The van der Waals surface area contributed by atoms with E-state index in [0.29, 0.717) is 11.4 Å². The van der Waals surface area contributed by atoms with Crippen molar-refractivity contribution in [3.05, 3.63) is 217 Å². The molecule has 0 saturated carbocycles. The number of nitrogens with zero attached hydrogens (tertiary/aromatic N) is 3. The molecule has 0 saturated heterocycles. The Bertz CT molecular complexity index is 3540. The number of imidazole rings is 1. The van der Waals surface area contributed by atoms with E-state index in [4.69, 9.17) is 9.97 Å². The first-order valence-corrected chi connectivity index (χ1v) is 24.9. The van der Waals surface area contributed by atoms with Crippen LogP contribution in [0.1, 0.15) is 85.4 Å². The number of rotatable bonds is 10. The molecule has 8 aromatic carbocycles. The summed E-state index contributed by atoms with van der Waals surface area (Å²) in [5.74, 6) is 0.919. The summed E-state index contributed by atoms with van der Waals surface area (Å²) >= 11 is 0. The van der Waals surface area contributed by atoms with E-state index in [9.17, 15) is 5.11 Å². The maximum atomic E-state index is 12.6. The van der Waals surface area contributed by atoms with Crippen LogP contribution < -0.4 is 0 Å². The van der Waals surface area contributed by atoms with Crippen molar-refractivity contribution in [2.24, 2.45) is 0 Å². The second kappa shape index (κ2) is 19.8. The molecule has 10 aromatic rings. The zero-order chi connectivity index (χ0) is 49.7. The number of para-hydroxylation sites is 1. The van der Waals surface area contributed by atoms with Gasteiger partial charge in [-0.15, -0.1) is 23.8 Å². The number of fused-ring (bicyclic) bond motifs is 1. The maximum Gasteiger partial charge on any atom is 0.148 e.